The van der Waals surface area contributed by atoms with E-state index in [1.807, 2.05) is 45.1 Å². The molecule has 0 saturated carbocycles. The first-order chi connectivity index (χ1) is 19.7. The van der Waals surface area contributed by atoms with Crippen molar-refractivity contribution >= 4 is 30.3 Å². The third-order valence-corrected chi connectivity index (χ3v) is 5.23. The van der Waals surface area contributed by atoms with E-state index in [9.17, 15) is 14.4 Å². The number of ether oxygens (including phenoxy) is 6. The number of hydrogen-bond donors (Lipinski definition) is 2. The van der Waals surface area contributed by atoms with Crippen molar-refractivity contribution in [1.82, 2.24) is 10.6 Å². The number of amides is 2. The summed E-state index contributed by atoms with van der Waals surface area (Å²) >= 11 is 0. The van der Waals surface area contributed by atoms with Crippen LogP contribution >= 0.6 is 0 Å². The smallest absolute Gasteiger partial charge is 0.497 e. The Balaban J connectivity index is 1.83. The molecule has 0 aliphatic carbocycles. The van der Waals surface area contributed by atoms with Crippen LogP contribution in [0.25, 0.3) is 12.2 Å². The van der Waals surface area contributed by atoms with Crippen LogP contribution in [0.15, 0.2) is 42.5 Å². The average Bonchev–Trinajstić information content (AvgIpc) is 2.91. The number of benzene rings is 2. The summed E-state index contributed by atoms with van der Waals surface area (Å²) in [6, 6.07) is 11.4. The van der Waals surface area contributed by atoms with Crippen LogP contribution in [-0.2, 0) is 19.0 Å². The van der Waals surface area contributed by atoms with E-state index in [0.29, 0.717) is 17.2 Å². The summed E-state index contributed by atoms with van der Waals surface area (Å²) in [5.74, 6) is 1.15. The van der Waals surface area contributed by atoms with Crippen molar-refractivity contribution in [1.29, 1.82) is 0 Å². The van der Waals surface area contributed by atoms with Gasteiger partial charge in [0.15, 0.2) is 0 Å². The van der Waals surface area contributed by atoms with Gasteiger partial charge in [-0.25, -0.2) is 9.59 Å². The first-order valence-corrected chi connectivity index (χ1v) is 13.4. The zero-order valence-corrected chi connectivity index (χ0v) is 25.6. The Bertz CT molecular complexity index is 1190. The molecule has 2 aromatic rings. The molecule has 0 bridgehead atoms. The standard InChI is InChI=1S/C31H42N2O9/c1-30(2,3)40-20-26(33-28(35)42-31(4,5)6)27(34)32-15-16-39-29(36)41-23-13-11-21(12-14-23)9-10-22-17-24(37-7)19-25(18-22)38-8/h9-14,17-19,26H,15-16,20H2,1-8H3,(H,32,34)(H,33,35)/b10-9+. The minimum Gasteiger partial charge on any atom is -0.497 e. The number of carbonyl (C=O) groups excluding carboxylic acids is 3. The predicted molar refractivity (Wildman–Crippen MR) is 159 cm³/mol. The lowest BCUT2D eigenvalue weighted by Crippen LogP contribution is -2.52. The van der Waals surface area contributed by atoms with Gasteiger partial charge in [-0.05, 0) is 76.9 Å². The number of alkyl carbamates (subject to hydrolysis) is 1. The summed E-state index contributed by atoms with van der Waals surface area (Å²) in [6.07, 6.45) is 2.14. The van der Waals surface area contributed by atoms with Crippen molar-refractivity contribution in [2.45, 2.75) is 58.8 Å². The number of nitrogens with one attached hydrogen (secondary N) is 2. The zero-order chi connectivity index (χ0) is 31.3. The lowest BCUT2D eigenvalue weighted by molar-refractivity contribution is -0.126. The number of methoxy groups -OCH3 is 2. The quantitative estimate of drug-likeness (QED) is 0.149. The van der Waals surface area contributed by atoms with Crippen LogP contribution < -0.4 is 24.8 Å². The van der Waals surface area contributed by atoms with Gasteiger partial charge in [0.25, 0.3) is 0 Å². The van der Waals surface area contributed by atoms with E-state index in [4.69, 9.17) is 28.4 Å². The van der Waals surface area contributed by atoms with E-state index in [2.05, 4.69) is 10.6 Å². The summed E-state index contributed by atoms with van der Waals surface area (Å²) in [7, 11) is 3.18. The molecule has 42 heavy (non-hydrogen) atoms. The molecule has 0 aliphatic heterocycles. The molecule has 0 spiro atoms. The fourth-order valence-electron chi connectivity index (χ4n) is 3.29. The molecule has 0 aliphatic rings. The van der Waals surface area contributed by atoms with Gasteiger partial charge in [-0.2, -0.15) is 0 Å². The highest BCUT2D eigenvalue weighted by Gasteiger charge is 2.26. The van der Waals surface area contributed by atoms with E-state index in [1.165, 1.54) is 0 Å². The molecule has 2 aromatic carbocycles. The zero-order valence-electron chi connectivity index (χ0n) is 25.6. The van der Waals surface area contributed by atoms with E-state index in [1.54, 1.807) is 65.3 Å². The second-order valence-electron chi connectivity index (χ2n) is 11.2. The van der Waals surface area contributed by atoms with E-state index >= 15 is 0 Å². The normalized spacial score (nSPS) is 12.3. The maximum atomic E-state index is 12.7. The summed E-state index contributed by atoms with van der Waals surface area (Å²) in [6.45, 7) is 10.4. The van der Waals surface area contributed by atoms with E-state index in [0.717, 1.165) is 11.1 Å². The third-order valence-electron chi connectivity index (χ3n) is 5.23. The second kappa shape index (κ2) is 15.7. The molecule has 2 amide bonds. The van der Waals surface area contributed by atoms with E-state index < -0.39 is 35.4 Å². The number of rotatable bonds is 12. The molecule has 230 valence electrons. The molecular weight excluding hydrogens is 544 g/mol. The minimum atomic E-state index is -1.01. The second-order valence-corrected chi connectivity index (χ2v) is 11.2. The molecule has 0 saturated heterocycles. The van der Waals surface area contributed by atoms with Gasteiger partial charge in [-0.3, -0.25) is 4.79 Å². The molecule has 0 fully saturated rings. The van der Waals surface area contributed by atoms with Crippen LogP contribution in [0.5, 0.6) is 17.2 Å². The van der Waals surface area contributed by atoms with Crippen molar-refractivity contribution in [2.75, 3.05) is 34.0 Å². The average molecular weight is 587 g/mol. The Labute approximate surface area is 247 Å². The van der Waals surface area contributed by atoms with Crippen molar-refractivity contribution in [2.24, 2.45) is 0 Å². The monoisotopic (exact) mass is 586 g/mol. The summed E-state index contributed by atoms with van der Waals surface area (Å²) in [5, 5.41) is 5.12. The number of hydrogen-bond acceptors (Lipinski definition) is 9. The first kappa shape index (κ1) is 34.0. The van der Waals surface area contributed by atoms with Crippen LogP contribution in [0.4, 0.5) is 9.59 Å². The molecular formula is C31H42N2O9. The van der Waals surface area contributed by atoms with Gasteiger partial charge in [0.05, 0.1) is 33.0 Å². The Morgan fingerprint density at radius 1 is 0.810 bits per heavy atom. The van der Waals surface area contributed by atoms with Gasteiger partial charge in [-0.1, -0.05) is 24.3 Å². The summed E-state index contributed by atoms with van der Waals surface area (Å²) < 4.78 is 31.7. The van der Waals surface area contributed by atoms with Crippen molar-refractivity contribution in [3.63, 3.8) is 0 Å². The van der Waals surface area contributed by atoms with Gasteiger partial charge >= 0.3 is 12.2 Å². The Morgan fingerprint density at radius 2 is 1.40 bits per heavy atom. The van der Waals surface area contributed by atoms with Gasteiger partial charge < -0.3 is 39.1 Å². The molecule has 11 heteroatoms. The van der Waals surface area contributed by atoms with Gasteiger partial charge in [-0.15, -0.1) is 0 Å². The summed E-state index contributed by atoms with van der Waals surface area (Å²) in [5.41, 5.74) is 0.521. The maximum absolute atomic E-state index is 12.7. The molecule has 0 radical (unpaired) electrons. The number of carbonyl (C=O) groups is 3. The highest BCUT2D eigenvalue weighted by atomic mass is 16.7. The topological polar surface area (TPSA) is 131 Å². The molecule has 0 heterocycles. The Morgan fingerprint density at radius 3 is 1.95 bits per heavy atom. The maximum Gasteiger partial charge on any atom is 0.513 e. The Hall–Kier alpha value is -4.25. The Kier molecular flexibility index (Phi) is 12.7. The largest absolute Gasteiger partial charge is 0.513 e. The molecule has 11 nitrogen and oxygen atoms in total. The van der Waals surface area contributed by atoms with Crippen LogP contribution in [0.1, 0.15) is 52.7 Å². The van der Waals surface area contributed by atoms with Crippen molar-refractivity contribution < 1.29 is 42.8 Å². The lowest BCUT2D eigenvalue weighted by Gasteiger charge is -2.26. The molecule has 1 unspecified atom stereocenters. The third kappa shape index (κ3) is 13.4. The highest BCUT2D eigenvalue weighted by Crippen LogP contribution is 2.24. The lowest BCUT2D eigenvalue weighted by atomic mass is 10.1. The van der Waals surface area contributed by atoms with Crippen LogP contribution in [0.2, 0.25) is 0 Å². The summed E-state index contributed by atoms with van der Waals surface area (Å²) in [4.78, 5) is 37.0. The molecule has 0 aromatic heterocycles. The van der Waals surface area contributed by atoms with Gasteiger partial charge in [0.2, 0.25) is 5.91 Å². The molecule has 2 N–H and O–H groups in total. The molecule has 1 atom stereocenters. The fourth-order valence-corrected chi connectivity index (χ4v) is 3.29. The fraction of sp³-hybridized carbons (Fsp3) is 0.452. The predicted octanol–water partition coefficient (Wildman–Crippen LogP) is 5.21. The van der Waals surface area contributed by atoms with Crippen LogP contribution in [-0.4, -0.2) is 69.4 Å². The minimum absolute atomic E-state index is 0.00522. The van der Waals surface area contributed by atoms with Crippen LogP contribution in [0, 0.1) is 0 Å². The highest BCUT2D eigenvalue weighted by molar-refractivity contribution is 5.85. The first-order valence-electron chi connectivity index (χ1n) is 13.4. The van der Waals surface area contributed by atoms with Gasteiger partial charge in [0, 0.05) is 6.07 Å². The van der Waals surface area contributed by atoms with Crippen LogP contribution in [0.3, 0.4) is 0 Å². The van der Waals surface area contributed by atoms with Gasteiger partial charge in [0.1, 0.15) is 35.5 Å². The van der Waals surface area contributed by atoms with Crippen molar-refractivity contribution in [3.8, 4) is 17.2 Å². The van der Waals surface area contributed by atoms with Crippen molar-refractivity contribution in [3.05, 3.63) is 53.6 Å². The molecule has 2 rings (SSSR count). The SMILES string of the molecule is COc1cc(/C=C/c2ccc(OC(=O)OCCNC(=O)C(COC(C)(C)C)NC(=O)OC(C)(C)C)cc2)cc(OC)c1. The van der Waals surface area contributed by atoms with E-state index in [-0.39, 0.29) is 19.8 Å².